The van der Waals surface area contributed by atoms with Gasteiger partial charge >= 0.3 is 0 Å². The quantitative estimate of drug-likeness (QED) is 0.308. The van der Waals surface area contributed by atoms with Crippen LogP contribution in [0.3, 0.4) is 0 Å². The van der Waals surface area contributed by atoms with E-state index in [0.29, 0.717) is 0 Å². The van der Waals surface area contributed by atoms with Gasteiger partial charge in [-0.25, -0.2) is 4.98 Å². The highest BCUT2D eigenvalue weighted by molar-refractivity contribution is 9.12. The Morgan fingerprint density at radius 2 is 2.04 bits per heavy atom. The fourth-order valence-electron chi connectivity index (χ4n) is 2.36. The minimum atomic E-state index is -1.92. The normalized spacial score (nSPS) is 20.7. The van der Waals surface area contributed by atoms with Crippen LogP contribution in [0.2, 0.25) is 18.1 Å². The zero-order valence-corrected chi connectivity index (χ0v) is 20.7. The smallest absolute Gasteiger partial charge is 0.195 e. The van der Waals surface area contributed by atoms with Gasteiger partial charge in [0.15, 0.2) is 24.8 Å². The summed E-state index contributed by atoms with van der Waals surface area (Å²) in [5, 5.41) is 0.145. The van der Waals surface area contributed by atoms with Gasteiger partial charge in [0.05, 0.1) is 9.48 Å². The molecular weight excluding hydrogens is 486 g/mol. The molecule has 2 heterocycles. The molecule has 2 rings (SSSR count). The second-order valence-electron chi connectivity index (χ2n) is 7.97. The molecule has 0 radical (unpaired) electrons. The highest BCUT2D eigenvalue weighted by Gasteiger charge is 2.40. The first-order valence-electron chi connectivity index (χ1n) is 8.84. The summed E-state index contributed by atoms with van der Waals surface area (Å²) in [6.07, 6.45) is 4.42. The molecule has 0 bridgehead atoms. The van der Waals surface area contributed by atoms with Gasteiger partial charge in [-0.3, -0.25) is 0 Å². The van der Waals surface area contributed by atoms with Crippen LogP contribution in [0.1, 0.15) is 52.1 Å². The van der Waals surface area contributed by atoms with Gasteiger partial charge in [-0.15, -0.1) is 0 Å². The molecule has 0 spiro atoms. The Hall–Kier alpha value is 0.687. The number of halogens is 2. The number of hydrogen-bond acceptors (Lipinski definition) is 5. The maximum absolute atomic E-state index is 6.56. The van der Waals surface area contributed by atoms with Crippen molar-refractivity contribution in [2.24, 2.45) is 0 Å². The first kappa shape index (κ1) is 22.0. The third-order valence-corrected chi connectivity index (χ3v) is 11.7. The Morgan fingerprint density at radius 1 is 1.32 bits per heavy atom. The number of ether oxygens (including phenoxy) is 2. The van der Waals surface area contributed by atoms with Crippen LogP contribution in [0.15, 0.2) is 7.70 Å². The van der Waals surface area contributed by atoms with E-state index in [0.717, 1.165) is 52.1 Å². The van der Waals surface area contributed by atoms with E-state index in [4.69, 9.17) is 13.9 Å². The molecule has 2 unspecified atom stereocenters. The fraction of sp³-hybridized carbons (Fsp3) is 0.824. The summed E-state index contributed by atoms with van der Waals surface area (Å²) in [7, 11) is -1.92. The van der Waals surface area contributed by atoms with E-state index in [1.54, 1.807) is 11.3 Å². The predicted molar refractivity (Wildman–Crippen MR) is 113 cm³/mol. The van der Waals surface area contributed by atoms with E-state index in [1.165, 1.54) is 0 Å². The largest absolute Gasteiger partial charge is 0.392 e. The first-order valence-corrected chi connectivity index (χ1v) is 14.1. The molecule has 0 amide bonds. The van der Waals surface area contributed by atoms with Crippen molar-refractivity contribution in [1.29, 1.82) is 0 Å². The summed E-state index contributed by atoms with van der Waals surface area (Å²) in [5.74, 6) is 0. The van der Waals surface area contributed by atoms with Gasteiger partial charge in [0, 0.05) is 13.0 Å². The molecule has 4 nitrogen and oxygen atoms in total. The Balaban J connectivity index is 2.03. The number of nitrogens with zero attached hydrogens (tertiary/aromatic N) is 1. The Kier molecular flexibility index (Phi) is 8.14. The summed E-state index contributed by atoms with van der Waals surface area (Å²) in [6.45, 7) is 12.1. The molecule has 1 aromatic heterocycles. The third-order valence-electron chi connectivity index (χ3n) is 4.91. The monoisotopic (exact) mass is 513 g/mol. The van der Waals surface area contributed by atoms with Gasteiger partial charge in [0.25, 0.3) is 0 Å². The average molecular weight is 515 g/mol. The van der Waals surface area contributed by atoms with Crippen LogP contribution in [0.25, 0.3) is 0 Å². The molecule has 2 atom stereocenters. The topological polar surface area (TPSA) is 40.6 Å². The van der Waals surface area contributed by atoms with E-state index in [9.17, 15) is 0 Å². The Bertz CT molecular complexity index is 557. The van der Waals surface area contributed by atoms with Crippen molar-refractivity contribution in [1.82, 2.24) is 4.98 Å². The minimum Gasteiger partial charge on any atom is -0.392 e. The van der Waals surface area contributed by atoms with Gasteiger partial charge in [0.2, 0.25) is 0 Å². The molecule has 144 valence electrons. The number of thiazole rings is 1. The lowest BCUT2D eigenvalue weighted by atomic mass is 10.2. The van der Waals surface area contributed by atoms with E-state index in [2.05, 4.69) is 70.7 Å². The van der Waals surface area contributed by atoms with E-state index >= 15 is 0 Å². The number of aromatic nitrogens is 1. The Morgan fingerprint density at radius 3 is 2.56 bits per heavy atom. The van der Waals surface area contributed by atoms with Crippen LogP contribution in [-0.4, -0.2) is 32.5 Å². The maximum atomic E-state index is 6.56. The minimum absolute atomic E-state index is 0.144. The average Bonchev–Trinajstić information content (AvgIpc) is 2.82. The van der Waals surface area contributed by atoms with Crippen molar-refractivity contribution in [3.05, 3.63) is 13.4 Å². The van der Waals surface area contributed by atoms with Gasteiger partial charge in [-0.2, -0.15) is 0 Å². The summed E-state index contributed by atoms with van der Waals surface area (Å²) in [6, 6.07) is 0. The molecule has 0 aromatic carbocycles. The molecule has 0 saturated carbocycles. The van der Waals surface area contributed by atoms with Gasteiger partial charge in [-0.05, 0) is 75.7 Å². The fourth-order valence-corrected chi connectivity index (χ4v) is 6.21. The molecule has 1 saturated heterocycles. The van der Waals surface area contributed by atoms with Crippen molar-refractivity contribution < 1.29 is 13.9 Å². The number of rotatable bonds is 7. The lowest BCUT2D eigenvalue weighted by Gasteiger charge is -2.40. The van der Waals surface area contributed by atoms with Gasteiger partial charge < -0.3 is 13.9 Å². The molecule has 1 aliphatic rings. The van der Waals surface area contributed by atoms with Crippen molar-refractivity contribution in [2.45, 2.75) is 83.6 Å². The second-order valence-corrected chi connectivity index (χ2v) is 16.3. The molecular formula is C17H29Br2NO3SSi. The first-order chi connectivity index (χ1) is 11.6. The van der Waals surface area contributed by atoms with Gasteiger partial charge in [0.1, 0.15) is 0 Å². The number of hydrogen-bond donors (Lipinski definition) is 0. The molecule has 0 N–H and O–H groups in total. The molecule has 1 aromatic rings. The maximum Gasteiger partial charge on any atom is 0.195 e. The van der Waals surface area contributed by atoms with E-state index in [-0.39, 0.29) is 17.6 Å². The third kappa shape index (κ3) is 6.66. The Labute approximate surface area is 173 Å². The molecule has 25 heavy (non-hydrogen) atoms. The van der Waals surface area contributed by atoms with Crippen LogP contribution in [0.5, 0.6) is 0 Å². The lowest BCUT2D eigenvalue weighted by Crippen LogP contribution is -2.46. The highest BCUT2D eigenvalue weighted by atomic mass is 79.9. The molecule has 1 aliphatic heterocycles. The predicted octanol–water partition coefficient (Wildman–Crippen LogP) is 6.49. The molecule has 0 aliphatic carbocycles. The van der Waals surface area contributed by atoms with Crippen LogP contribution in [-0.2, 0) is 20.3 Å². The summed E-state index contributed by atoms with van der Waals surface area (Å²) < 4.78 is 20.5. The van der Waals surface area contributed by atoms with E-state index < -0.39 is 8.32 Å². The molecule has 8 heteroatoms. The summed E-state index contributed by atoms with van der Waals surface area (Å²) >= 11 is 8.63. The summed E-state index contributed by atoms with van der Waals surface area (Å²) in [4.78, 5) is 4.53. The standard InChI is InChI=1S/C17H29Br2NO3SSi/c1-17(2,3)25(4,5)23-14(22-13-8-6-7-11-21-13)10-9-12-15(18)24-16(19)20-12/h13-14H,6-11H2,1-5H3. The van der Waals surface area contributed by atoms with Gasteiger partial charge in [-0.1, -0.05) is 32.1 Å². The highest BCUT2D eigenvalue weighted by Crippen LogP contribution is 2.38. The van der Waals surface area contributed by atoms with Crippen LogP contribution < -0.4 is 0 Å². The molecule has 1 fully saturated rings. The number of aryl methyl sites for hydroxylation is 1. The van der Waals surface area contributed by atoms with E-state index in [1.807, 2.05) is 0 Å². The zero-order valence-electron chi connectivity index (χ0n) is 15.7. The van der Waals surface area contributed by atoms with Crippen LogP contribution in [0, 0.1) is 0 Å². The van der Waals surface area contributed by atoms with Crippen molar-refractivity contribution in [3.63, 3.8) is 0 Å². The lowest BCUT2D eigenvalue weighted by molar-refractivity contribution is -0.236. The second kappa shape index (κ2) is 9.25. The van der Waals surface area contributed by atoms with Crippen LogP contribution in [0.4, 0.5) is 0 Å². The van der Waals surface area contributed by atoms with Crippen molar-refractivity contribution in [3.8, 4) is 0 Å². The summed E-state index contributed by atoms with van der Waals surface area (Å²) in [5.41, 5.74) is 1.05. The zero-order chi connectivity index (χ0) is 18.7. The van der Waals surface area contributed by atoms with Crippen molar-refractivity contribution >= 4 is 51.5 Å². The van der Waals surface area contributed by atoms with Crippen LogP contribution >= 0.6 is 43.2 Å². The van der Waals surface area contributed by atoms with Crippen molar-refractivity contribution in [2.75, 3.05) is 6.61 Å². The SMILES string of the molecule is CC(C)(C)[Si](C)(C)OC(CCc1nc(Br)sc1Br)OC1CCCCO1.